The Kier molecular flexibility index (Phi) is 6.51. The van der Waals surface area contributed by atoms with Crippen molar-refractivity contribution in [2.45, 2.75) is 6.92 Å². The number of carbonyl (C=O) groups is 1. The molecule has 0 aliphatic heterocycles. The van der Waals surface area contributed by atoms with Crippen LogP contribution in [0.2, 0.25) is 5.02 Å². The van der Waals surface area contributed by atoms with E-state index in [9.17, 15) is 9.90 Å². The number of carbonyl (C=O) groups excluding carboxylic acids is 1. The van der Waals surface area contributed by atoms with Crippen molar-refractivity contribution in [2.24, 2.45) is 4.99 Å². The molecule has 1 N–H and O–H groups in total. The molecular weight excluding hydrogens is 412 g/mol. The van der Waals surface area contributed by atoms with E-state index >= 15 is 0 Å². The van der Waals surface area contributed by atoms with E-state index in [0.717, 1.165) is 5.56 Å². The second-order valence-electron chi connectivity index (χ2n) is 6.10. The Balaban J connectivity index is 1.76. The molecule has 1 heterocycles. The number of ketones is 1. The zero-order valence-corrected chi connectivity index (χ0v) is 17.7. The molecule has 0 unspecified atom stereocenters. The number of aromatic nitrogens is 1. The number of thiazole rings is 1. The van der Waals surface area contributed by atoms with Gasteiger partial charge < -0.3 is 14.6 Å². The van der Waals surface area contributed by atoms with Gasteiger partial charge in [0.25, 0.3) is 0 Å². The largest absolute Gasteiger partial charge is 0.504 e. The van der Waals surface area contributed by atoms with E-state index in [4.69, 9.17) is 21.1 Å². The molecule has 0 bridgehead atoms. The number of nitrogens with zero attached hydrogens (tertiary/aromatic N) is 2. The van der Waals surface area contributed by atoms with Gasteiger partial charge in [-0.15, -0.1) is 11.3 Å². The van der Waals surface area contributed by atoms with Crippen molar-refractivity contribution in [3.8, 4) is 27.8 Å². The smallest absolute Gasteiger partial charge is 0.196 e. The number of hydrogen-bond donors (Lipinski definition) is 1. The standard InChI is InChI=1S/C21H19ClN2O4S/c1-12-20(29-21(24-12)15-6-5-14(22)9-19(15)28-3)17(26)11-23-10-13-4-7-18(27-2)16(25)8-13/h4-10,25H,11H2,1-3H3. The number of Topliss-reactive ketones (excluding diaryl/α,β-unsaturated/α-hetero) is 1. The van der Waals surface area contributed by atoms with Crippen molar-refractivity contribution >= 4 is 34.9 Å². The van der Waals surface area contributed by atoms with Crippen LogP contribution in [0.3, 0.4) is 0 Å². The van der Waals surface area contributed by atoms with Gasteiger partial charge in [0.05, 0.1) is 30.4 Å². The molecule has 0 radical (unpaired) electrons. The molecule has 0 spiro atoms. The van der Waals surface area contributed by atoms with Gasteiger partial charge in [-0.1, -0.05) is 11.6 Å². The van der Waals surface area contributed by atoms with Crippen LogP contribution >= 0.6 is 22.9 Å². The first-order valence-electron chi connectivity index (χ1n) is 8.64. The van der Waals surface area contributed by atoms with Crippen molar-refractivity contribution in [3.63, 3.8) is 0 Å². The van der Waals surface area contributed by atoms with E-state index in [-0.39, 0.29) is 18.1 Å². The SMILES string of the molecule is COc1ccc(C=NCC(=O)c2sc(-c3ccc(Cl)cc3OC)nc2C)cc1O. The monoisotopic (exact) mass is 430 g/mol. The van der Waals surface area contributed by atoms with Crippen molar-refractivity contribution in [2.75, 3.05) is 20.8 Å². The lowest BCUT2D eigenvalue weighted by Gasteiger charge is -2.05. The Morgan fingerprint density at radius 2 is 1.97 bits per heavy atom. The number of aryl methyl sites for hydroxylation is 1. The van der Waals surface area contributed by atoms with Crippen LogP contribution < -0.4 is 9.47 Å². The summed E-state index contributed by atoms with van der Waals surface area (Å²) in [6.07, 6.45) is 1.54. The second-order valence-corrected chi connectivity index (χ2v) is 7.54. The molecule has 8 heteroatoms. The van der Waals surface area contributed by atoms with Crippen LogP contribution in [0.25, 0.3) is 10.6 Å². The summed E-state index contributed by atoms with van der Waals surface area (Å²) < 4.78 is 10.4. The normalized spacial score (nSPS) is 11.0. The van der Waals surface area contributed by atoms with Crippen LogP contribution in [0.4, 0.5) is 0 Å². The van der Waals surface area contributed by atoms with Gasteiger partial charge in [-0.3, -0.25) is 9.79 Å². The quantitative estimate of drug-likeness (QED) is 0.430. The average Bonchev–Trinajstić information content (AvgIpc) is 3.09. The lowest BCUT2D eigenvalue weighted by atomic mass is 10.2. The molecule has 2 aromatic carbocycles. The minimum absolute atomic E-state index is 0.0163. The first-order valence-corrected chi connectivity index (χ1v) is 9.83. The first-order chi connectivity index (χ1) is 13.9. The van der Waals surface area contributed by atoms with Gasteiger partial charge >= 0.3 is 0 Å². The summed E-state index contributed by atoms with van der Waals surface area (Å²) in [7, 11) is 3.04. The number of halogens is 1. The van der Waals surface area contributed by atoms with E-state index < -0.39 is 0 Å². The molecule has 0 fully saturated rings. The number of aliphatic imine (C=N–C) groups is 1. The molecule has 0 amide bonds. The number of methoxy groups -OCH3 is 2. The second kappa shape index (κ2) is 9.07. The van der Waals surface area contributed by atoms with Gasteiger partial charge in [-0.25, -0.2) is 4.98 Å². The lowest BCUT2D eigenvalue weighted by molar-refractivity contribution is 0.100. The van der Waals surface area contributed by atoms with Crippen LogP contribution in [-0.2, 0) is 0 Å². The van der Waals surface area contributed by atoms with Gasteiger partial charge in [0.2, 0.25) is 0 Å². The molecule has 150 valence electrons. The van der Waals surface area contributed by atoms with Gasteiger partial charge in [0.15, 0.2) is 17.3 Å². The molecule has 3 rings (SSSR count). The Bertz CT molecular complexity index is 1080. The molecule has 0 aliphatic rings. The van der Waals surface area contributed by atoms with E-state index in [2.05, 4.69) is 9.98 Å². The molecule has 0 saturated carbocycles. The van der Waals surface area contributed by atoms with Crippen molar-refractivity contribution in [1.82, 2.24) is 4.98 Å². The fraction of sp³-hybridized carbons (Fsp3) is 0.190. The Labute approximate surface area is 177 Å². The molecular formula is C21H19ClN2O4S. The van der Waals surface area contributed by atoms with Crippen LogP contribution in [-0.4, -0.2) is 42.9 Å². The van der Waals surface area contributed by atoms with Crippen LogP contribution in [0, 0.1) is 6.92 Å². The van der Waals surface area contributed by atoms with Crippen LogP contribution in [0.5, 0.6) is 17.2 Å². The highest BCUT2D eigenvalue weighted by Gasteiger charge is 2.18. The van der Waals surface area contributed by atoms with E-state index in [1.807, 2.05) is 6.07 Å². The highest BCUT2D eigenvalue weighted by atomic mass is 35.5. The van der Waals surface area contributed by atoms with Crippen molar-refractivity contribution < 1.29 is 19.4 Å². The predicted octanol–water partition coefficient (Wildman–Crippen LogP) is 4.80. The maximum atomic E-state index is 12.6. The topological polar surface area (TPSA) is 81.0 Å². The van der Waals surface area contributed by atoms with Gasteiger partial charge in [-0.2, -0.15) is 0 Å². The molecule has 0 atom stereocenters. The van der Waals surface area contributed by atoms with E-state index in [1.165, 1.54) is 30.7 Å². The minimum atomic E-state index is -0.131. The van der Waals surface area contributed by atoms with E-state index in [1.54, 1.807) is 38.3 Å². The summed E-state index contributed by atoms with van der Waals surface area (Å²) in [5.74, 6) is 0.863. The molecule has 3 aromatic rings. The number of phenols is 1. The number of phenolic OH excluding ortho intramolecular Hbond substituents is 1. The number of benzene rings is 2. The number of ether oxygens (including phenoxy) is 2. The molecule has 6 nitrogen and oxygen atoms in total. The fourth-order valence-corrected chi connectivity index (χ4v) is 3.89. The maximum Gasteiger partial charge on any atom is 0.196 e. The third-order valence-corrected chi connectivity index (χ3v) is 5.59. The highest BCUT2D eigenvalue weighted by Crippen LogP contribution is 2.36. The van der Waals surface area contributed by atoms with Crippen LogP contribution in [0.1, 0.15) is 20.9 Å². The third kappa shape index (κ3) is 4.75. The number of aromatic hydroxyl groups is 1. The summed E-state index contributed by atoms with van der Waals surface area (Å²) in [5, 5.41) is 11.1. The molecule has 29 heavy (non-hydrogen) atoms. The van der Waals surface area contributed by atoms with Gasteiger partial charge in [0, 0.05) is 11.2 Å². The van der Waals surface area contributed by atoms with Gasteiger partial charge in [0.1, 0.15) is 17.3 Å². The summed E-state index contributed by atoms with van der Waals surface area (Å²) in [4.78, 5) is 21.9. The Hall–Kier alpha value is -2.90. The molecule has 0 saturated heterocycles. The average molecular weight is 431 g/mol. The van der Waals surface area contributed by atoms with Gasteiger partial charge in [-0.05, 0) is 48.9 Å². The zero-order valence-electron chi connectivity index (χ0n) is 16.1. The Morgan fingerprint density at radius 1 is 1.21 bits per heavy atom. The Morgan fingerprint density at radius 3 is 2.66 bits per heavy atom. The third-order valence-electron chi connectivity index (χ3n) is 4.12. The lowest BCUT2D eigenvalue weighted by Crippen LogP contribution is -2.03. The predicted molar refractivity (Wildman–Crippen MR) is 115 cm³/mol. The minimum Gasteiger partial charge on any atom is -0.504 e. The number of rotatable bonds is 7. The van der Waals surface area contributed by atoms with Crippen molar-refractivity contribution in [3.05, 3.63) is 57.6 Å². The summed E-state index contributed by atoms with van der Waals surface area (Å²) in [6, 6.07) is 10.2. The molecule has 1 aromatic heterocycles. The maximum absolute atomic E-state index is 12.6. The first kappa shape index (κ1) is 20.8. The number of hydrogen-bond acceptors (Lipinski definition) is 7. The fourth-order valence-electron chi connectivity index (χ4n) is 2.71. The summed E-state index contributed by atoms with van der Waals surface area (Å²) in [6.45, 7) is 1.77. The van der Waals surface area contributed by atoms with E-state index in [0.29, 0.717) is 37.7 Å². The summed E-state index contributed by atoms with van der Waals surface area (Å²) >= 11 is 7.31. The molecule has 0 aliphatic carbocycles. The van der Waals surface area contributed by atoms with Crippen molar-refractivity contribution in [1.29, 1.82) is 0 Å². The highest BCUT2D eigenvalue weighted by molar-refractivity contribution is 7.17. The summed E-state index contributed by atoms with van der Waals surface area (Å²) in [5.41, 5.74) is 2.09. The van der Waals surface area contributed by atoms with Crippen LogP contribution in [0.15, 0.2) is 41.4 Å². The zero-order chi connectivity index (χ0) is 21.0.